The zero-order valence-electron chi connectivity index (χ0n) is 54.7. The lowest BCUT2D eigenvalue weighted by molar-refractivity contribution is 0.529. The van der Waals surface area contributed by atoms with Gasteiger partial charge in [-0.1, -0.05) is 262 Å². The number of pyridine rings is 5. The van der Waals surface area contributed by atoms with Gasteiger partial charge in [0, 0.05) is 147 Å². The first-order valence-corrected chi connectivity index (χ1v) is 26.3. The van der Waals surface area contributed by atoms with Crippen molar-refractivity contribution >= 4 is 42.1 Å². The first kappa shape index (κ1) is 95.8. The van der Waals surface area contributed by atoms with E-state index in [4.69, 9.17) is 25.2 Å². The number of nitrogens with zero attached hydrogens (tertiary/aromatic N) is 6. The van der Waals surface area contributed by atoms with E-state index < -0.39 is 0 Å². The molecule has 445 valence electrons. The summed E-state index contributed by atoms with van der Waals surface area (Å²) in [6.07, 6.45) is 0. The molecular weight excluding hydrogens is 979 g/mol. The first-order valence-electron chi connectivity index (χ1n) is 26.3. The number of aromatic nitrogens is 5. The van der Waals surface area contributed by atoms with Gasteiger partial charge in [0.05, 0.1) is 11.3 Å². The van der Waals surface area contributed by atoms with Gasteiger partial charge in [-0.05, 0) is 60.7 Å². The monoisotopic (exact) mass is 1100 g/mol. The normalized spacial score (nSPS) is 11.4. The lowest BCUT2D eigenvalue weighted by atomic mass is 9.85. The molecule has 0 aliphatic heterocycles. The Kier molecular flexibility index (Phi) is 42.1. The summed E-state index contributed by atoms with van der Waals surface area (Å²) in [5.74, 6) is 0. The Morgan fingerprint density at radius 2 is 0.383 bits per heavy atom. The number of hydrogen-bond acceptors (Lipinski definition) is 6. The third-order valence-electron chi connectivity index (χ3n) is 11.6. The summed E-state index contributed by atoms with van der Waals surface area (Å²) in [6, 6.07) is 31.3. The smallest absolute Gasteiger partial charge is 0.101 e. The van der Waals surface area contributed by atoms with E-state index in [1.54, 1.807) is 0 Å². The Bertz CT molecular complexity index is 2140. The van der Waals surface area contributed by atoms with Crippen molar-refractivity contribution in [1.82, 2.24) is 24.9 Å². The van der Waals surface area contributed by atoms with E-state index in [9.17, 15) is 0 Å². The number of rotatable bonds is 0. The maximum absolute atomic E-state index is 9.09. The summed E-state index contributed by atoms with van der Waals surface area (Å²) < 4.78 is 0. The van der Waals surface area contributed by atoms with Crippen LogP contribution in [0.25, 0.3) is 0 Å². The van der Waals surface area contributed by atoms with Crippen molar-refractivity contribution in [3.63, 3.8) is 0 Å². The summed E-state index contributed by atoms with van der Waals surface area (Å²) in [5.41, 5.74) is 13.0. The molecule has 6 nitrogen and oxygen atoms in total. The maximum atomic E-state index is 9.09. The van der Waals surface area contributed by atoms with Crippen LogP contribution in [0.5, 0.6) is 0 Å². The average Bonchev–Trinajstić information content (AvgIpc) is 3.21. The average molecular weight is 1100 g/mol. The maximum Gasteiger partial charge on any atom is 0.101 e. The summed E-state index contributed by atoms with van der Waals surface area (Å²) >= 11 is 0. The van der Waals surface area contributed by atoms with Crippen molar-refractivity contribution in [3.05, 3.63) is 147 Å². The Balaban J connectivity index is -0.000000111. The molecule has 5 rings (SSSR count). The molecule has 81 heavy (non-hydrogen) atoms. The molecule has 5 aromatic rings. The molecule has 5 heterocycles. The minimum absolute atomic E-state index is 0. The van der Waals surface area contributed by atoms with Gasteiger partial charge in [-0.2, -0.15) is 5.26 Å². The van der Waals surface area contributed by atoms with Gasteiger partial charge in [-0.3, -0.25) is 24.9 Å². The predicted octanol–water partition coefficient (Wildman–Crippen LogP) is 18.9. The Morgan fingerprint density at radius 1 is 0.235 bits per heavy atom. The van der Waals surface area contributed by atoms with E-state index in [2.05, 4.69) is 292 Å². The molecule has 11 heteroatoms. The molecule has 0 spiro atoms. The Hall–Kier alpha value is -4.44. The van der Waals surface area contributed by atoms with Gasteiger partial charge in [0.2, 0.25) is 0 Å². The molecule has 0 amide bonds. The van der Waals surface area contributed by atoms with Crippen molar-refractivity contribution in [2.24, 2.45) is 0 Å². The quantitative estimate of drug-likeness (QED) is 0.144. The third kappa shape index (κ3) is 33.5. The fraction of sp³-hybridized carbons (Fsp3) is 0.629. The third-order valence-corrected chi connectivity index (χ3v) is 11.6. The highest BCUT2D eigenvalue weighted by atomic mass is 14.8. The van der Waals surface area contributed by atoms with Crippen LogP contribution in [0.15, 0.2) is 84.9 Å². The highest BCUT2D eigenvalue weighted by Gasteiger charge is 2.26. The van der Waals surface area contributed by atoms with Crippen molar-refractivity contribution in [1.29, 1.82) is 5.26 Å². The molecule has 0 atom stereocenters. The zero-order valence-corrected chi connectivity index (χ0v) is 54.7. The number of hydrogen-bond donors (Lipinski definition) is 0. The van der Waals surface area contributed by atoms with E-state index in [1.807, 2.05) is 12.1 Å². The molecule has 0 aromatic carbocycles. The first-order chi connectivity index (χ1) is 32.0. The zero-order chi connectivity index (χ0) is 56.5. The molecule has 0 fully saturated rings. The molecule has 0 unspecified atom stereocenters. The molecular formula is C70H120B5N6. The van der Waals surface area contributed by atoms with Crippen molar-refractivity contribution in [3.8, 4) is 6.07 Å². The molecule has 0 N–H and O–H groups in total. The van der Waals surface area contributed by atoms with Crippen LogP contribution in [0.4, 0.5) is 0 Å². The topological polar surface area (TPSA) is 88.2 Å². The fourth-order valence-corrected chi connectivity index (χ4v) is 6.62. The summed E-state index contributed by atoms with van der Waals surface area (Å²) in [5, 5.41) is 9.09. The van der Waals surface area contributed by atoms with E-state index >= 15 is 0 Å². The van der Waals surface area contributed by atoms with E-state index in [0.717, 1.165) is 11.4 Å². The highest BCUT2D eigenvalue weighted by Crippen LogP contribution is 2.30. The molecule has 15 radical (unpaired) electrons. The van der Waals surface area contributed by atoms with Crippen LogP contribution < -0.4 is 0 Å². The van der Waals surface area contributed by atoms with Crippen molar-refractivity contribution < 1.29 is 0 Å². The van der Waals surface area contributed by atoms with Crippen LogP contribution in [-0.2, 0) is 54.1 Å². The van der Waals surface area contributed by atoms with Gasteiger partial charge in [-0.15, -0.1) is 0 Å². The summed E-state index contributed by atoms with van der Waals surface area (Å²) in [4.78, 5) is 23.5. The lowest BCUT2D eigenvalue weighted by Gasteiger charge is -2.24. The molecule has 0 aliphatic rings. The molecule has 0 bridgehead atoms. The Labute approximate surface area is 514 Å². The second-order valence-corrected chi connectivity index (χ2v) is 29.8. The van der Waals surface area contributed by atoms with E-state index in [0.29, 0.717) is 5.56 Å². The predicted molar refractivity (Wildman–Crippen MR) is 369 cm³/mol. The number of nitriles is 1. The van der Waals surface area contributed by atoms with Crippen LogP contribution in [0, 0.1) is 11.3 Å². The van der Waals surface area contributed by atoms with Crippen LogP contribution >= 0.6 is 0 Å². The van der Waals surface area contributed by atoms with Gasteiger partial charge in [-0.25, -0.2) is 0 Å². The minimum atomic E-state index is -0.0909. The van der Waals surface area contributed by atoms with Gasteiger partial charge in [0.15, 0.2) is 0 Å². The molecule has 0 aliphatic carbocycles. The lowest BCUT2D eigenvalue weighted by Crippen LogP contribution is -2.21. The standard InChI is InChI=1S/C14H20N2.4C13H21N.4CH4.5B/c1-13(2,3)11-8-7-10(9-15)12(16-11)14(4,5)6;4*1-12(2,3)10-8-7-9-11(14-10)13(4,5)6;;;;;;;;;/h7-8H,1-6H3;4*7-9H,1-6H3;4*1H4;;;;;. The van der Waals surface area contributed by atoms with Crippen molar-refractivity contribution in [2.75, 3.05) is 0 Å². The largest absolute Gasteiger partial charge is 0.257 e. The second kappa shape index (κ2) is 35.6. The summed E-state index contributed by atoms with van der Waals surface area (Å²) in [6.45, 7) is 65.4. The van der Waals surface area contributed by atoms with Gasteiger partial charge >= 0.3 is 0 Å². The molecule has 5 aromatic heterocycles. The van der Waals surface area contributed by atoms with Crippen LogP contribution in [0.2, 0.25) is 0 Å². The van der Waals surface area contributed by atoms with E-state index in [-0.39, 0.29) is 126 Å². The van der Waals surface area contributed by atoms with E-state index in [1.165, 1.54) is 45.6 Å². The molecule has 0 saturated carbocycles. The fourth-order valence-electron chi connectivity index (χ4n) is 6.62. The van der Waals surface area contributed by atoms with Crippen LogP contribution in [0.3, 0.4) is 0 Å². The van der Waals surface area contributed by atoms with Crippen LogP contribution in [-0.4, -0.2) is 67.0 Å². The van der Waals surface area contributed by atoms with Gasteiger partial charge in [0.25, 0.3) is 0 Å². The van der Waals surface area contributed by atoms with Gasteiger partial charge in [0.1, 0.15) is 6.07 Å². The minimum Gasteiger partial charge on any atom is -0.257 e. The van der Waals surface area contributed by atoms with Crippen molar-refractivity contribution in [2.45, 2.75) is 292 Å². The Morgan fingerprint density at radius 3 is 0.506 bits per heavy atom. The highest BCUT2D eigenvalue weighted by molar-refractivity contribution is 5.76. The molecule has 0 saturated heterocycles. The second-order valence-electron chi connectivity index (χ2n) is 29.8. The SMILES string of the molecule is C.C.C.C.CC(C)(C)c1ccc(C#N)c(C(C)(C)C)n1.CC(C)(C)c1cccc(C(C)(C)C)n1.CC(C)(C)c1cccc(C(C)(C)C)n1.CC(C)(C)c1cccc(C(C)(C)C)n1.CC(C)(C)c1cccc(C(C)(C)C)n1.[B].[B].[B].[B].[B]. The van der Waals surface area contributed by atoms with Gasteiger partial charge < -0.3 is 0 Å². The van der Waals surface area contributed by atoms with Crippen LogP contribution in [0.1, 0.15) is 300 Å². The summed E-state index contributed by atoms with van der Waals surface area (Å²) in [7, 11) is 0.